The van der Waals surface area contributed by atoms with Crippen molar-refractivity contribution in [3.8, 4) is 11.5 Å². The number of hydrogen-bond donors (Lipinski definition) is 1. The molecule has 0 spiro atoms. The van der Waals surface area contributed by atoms with Crippen molar-refractivity contribution in [2.75, 3.05) is 17.9 Å². The molecule has 0 fully saturated rings. The summed E-state index contributed by atoms with van der Waals surface area (Å²) in [6, 6.07) is 5.36. The van der Waals surface area contributed by atoms with Crippen LogP contribution < -0.4 is 14.8 Å². The van der Waals surface area contributed by atoms with E-state index < -0.39 is 0 Å². The number of fused-ring (bicyclic) bond motifs is 6. The smallest absolute Gasteiger partial charge is 0.234 e. The maximum absolute atomic E-state index is 12.5. The van der Waals surface area contributed by atoms with E-state index in [0.717, 1.165) is 34.5 Å². The van der Waals surface area contributed by atoms with E-state index in [1.807, 2.05) is 11.3 Å². The Kier molecular flexibility index (Phi) is 4.72. The predicted molar refractivity (Wildman–Crippen MR) is 124 cm³/mol. The number of carbonyl (C=O) groups excluding carboxylic acids is 1. The molecule has 0 radical (unpaired) electrons. The van der Waals surface area contributed by atoms with Crippen LogP contribution in [0.4, 0.5) is 5.69 Å². The molecule has 3 aromatic heterocycles. The van der Waals surface area contributed by atoms with Gasteiger partial charge in [0.2, 0.25) is 12.7 Å². The fourth-order valence-electron chi connectivity index (χ4n) is 4.36. The van der Waals surface area contributed by atoms with Crippen LogP contribution in [0.25, 0.3) is 15.9 Å². The van der Waals surface area contributed by atoms with Crippen molar-refractivity contribution >= 4 is 50.6 Å². The minimum Gasteiger partial charge on any atom is -0.454 e. The van der Waals surface area contributed by atoms with Gasteiger partial charge in [-0.25, -0.2) is 4.98 Å². The molecule has 2 aliphatic rings. The second kappa shape index (κ2) is 7.63. The summed E-state index contributed by atoms with van der Waals surface area (Å²) in [5.74, 6) is 2.96. The van der Waals surface area contributed by atoms with E-state index in [1.165, 1.54) is 28.6 Å². The van der Waals surface area contributed by atoms with Crippen molar-refractivity contribution in [1.29, 1.82) is 0 Å². The summed E-state index contributed by atoms with van der Waals surface area (Å²) in [7, 11) is 0. The number of anilines is 1. The third kappa shape index (κ3) is 3.29. The SMILES string of the molecule is Cc1nc2sc3c(c2c2nnc(SCC(=O)Nc4ccc5c(c4)OCO5)n12)CC[C@H](C)C3. The van der Waals surface area contributed by atoms with E-state index in [9.17, 15) is 4.79 Å². The number of amides is 1. The van der Waals surface area contributed by atoms with Gasteiger partial charge in [0.05, 0.1) is 11.1 Å². The number of ether oxygens (including phenoxy) is 2. The van der Waals surface area contributed by atoms with Crippen LogP contribution in [0.1, 0.15) is 29.6 Å². The molecule has 1 amide bonds. The van der Waals surface area contributed by atoms with Gasteiger partial charge in [-0.05, 0) is 49.8 Å². The van der Waals surface area contributed by atoms with Gasteiger partial charge in [-0.3, -0.25) is 9.20 Å². The van der Waals surface area contributed by atoms with Crippen molar-refractivity contribution in [3.63, 3.8) is 0 Å². The number of carbonyl (C=O) groups is 1. The summed E-state index contributed by atoms with van der Waals surface area (Å²) in [5, 5.41) is 13.6. The Labute approximate surface area is 192 Å². The largest absolute Gasteiger partial charge is 0.454 e. The van der Waals surface area contributed by atoms with E-state index in [4.69, 9.17) is 14.5 Å². The molecule has 10 heteroatoms. The van der Waals surface area contributed by atoms with Crippen LogP contribution in [-0.2, 0) is 17.6 Å². The quantitative estimate of drug-likeness (QED) is 0.449. The first-order chi connectivity index (χ1) is 15.6. The summed E-state index contributed by atoms with van der Waals surface area (Å²) < 4.78 is 12.7. The van der Waals surface area contributed by atoms with E-state index in [2.05, 4.69) is 22.4 Å². The number of hydrogen-bond acceptors (Lipinski definition) is 8. The van der Waals surface area contributed by atoms with Crippen LogP contribution in [-0.4, -0.2) is 38.0 Å². The molecule has 0 saturated carbocycles. The van der Waals surface area contributed by atoms with E-state index in [1.54, 1.807) is 29.5 Å². The number of aromatic nitrogens is 4. The Morgan fingerprint density at radius 3 is 3.09 bits per heavy atom. The van der Waals surface area contributed by atoms with Crippen molar-refractivity contribution in [2.24, 2.45) is 5.92 Å². The van der Waals surface area contributed by atoms with Crippen molar-refractivity contribution in [3.05, 3.63) is 34.5 Å². The van der Waals surface area contributed by atoms with Gasteiger partial charge < -0.3 is 14.8 Å². The molecule has 0 bridgehead atoms. The normalized spacial score (nSPS) is 17.1. The number of benzene rings is 1. The fourth-order valence-corrected chi connectivity index (χ4v) is 6.56. The van der Waals surface area contributed by atoms with Gasteiger partial charge in [0.25, 0.3) is 0 Å². The fraction of sp³-hybridized carbons (Fsp3) is 0.364. The van der Waals surface area contributed by atoms with Crippen LogP contribution in [0, 0.1) is 12.8 Å². The molecule has 4 aromatic rings. The highest BCUT2D eigenvalue weighted by Crippen LogP contribution is 2.39. The molecule has 1 N–H and O–H groups in total. The number of nitrogens with one attached hydrogen (secondary N) is 1. The third-order valence-electron chi connectivity index (χ3n) is 5.93. The molecule has 8 nitrogen and oxygen atoms in total. The highest BCUT2D eigenvalue weighted by atomic mass is 32.2. The zero-order valence-electron chi connectivity index (χ0n) is 17.7. The Balaban J connectivity index is 1.25. The molecular weight excluding hydrogens is 446 g/mol. The average Bonchev–Trinajstić information content (AvgIpc) is 3.47. The lowest BCUT2D eigenvalue weighted by molar-refractivity contribution is -0.113. The minimum absolute atomic E-state index is 0.126. The summed E-state index contributed by atoms with van der Waals surface area (Å²) in [5.41, 5.74) is 2.90. The lowest BCUT2D eigenvalue weighted by atomic mass is 9.89. The van der Waals surface area contributed by atoms with E-state index in [-0.39, 0.29) is 18.5 Å². The summed E-state index contributed by atoms with van der Waals surface area (Å²) in [6.45, 7) is 4.48. The lowest BCUT2D eigenvalue weighted by Gasteiger charge is -2.17. The maximum atomic E-state index is 12.5. The highest BCUT2D eigenvalue weighted by molar-refractivity contribution is 7.99. The molecule has 1 aliphatic heterocycles. The first kappa shape index (κ1) is 19.8. The Bertz CT molecular complexity index is 1380. The molecule has 4 heterocycles. The van der Waals surface area contributed by atoms with Gasteiger partial charge >= 0.3 is 0 Å². The Morgan fingerprint density at radius 1 is 1.31 bits per heavy atom. The van der Waals surface area contributed by atoms with Crippen molar-refractivity contribution < 1.29 is 14.3 Å². The number of nitrogens with zero attached hydrogens (tertiary/aromatic N) is 4. The van der Waals surface area contributed by atoms with Gasteiger partial charge in [0.1, 0.15) is 10.7 Å². The van der Waals surface area contributed by atoms with Crippen LogP contribution in [0.3, 0.4) is 0 Å². The topological polar surface area (TPSA) is 90.6 Å². The monoisotopic (exact) mass is 467 g/mol. The number of thioether (sulfide) groups is 1. The molecular formula is C22H21N5O3S2. The molecule has 32 heavy (non-hydrogen) atoms. The summed E-state index contributed by atoms with van der Waals surface area (Å²) in [4.78, 5) is 19.9. The van der Waals surface area contributed by atoms with Crippen LogP contribution in [0.2, 0.25) is 0 Å². The summed E-state index contributed by atoms with van der Waals surface area (Å²) >= 11 is 3.14. The lowest BCUT2D eigenvalue weighted by Crippen LogP contribution is -2.14. The summed E-state index contributed by atoms with van der Waals surface area (Å²) in [6.07, 6.45) is 3.36. The van der Waals surface area contributed by atoms with Crippen molar-refractivity contribution in [1.82, 2.24) is 19.6 Å². The second-order valence-electron chi connectivity index (χ2n) is 8.24. The van der Waals surface area contributed by atoms with Gasteiger partial charge in [-0.15, -0.1) is 21.5 Å². The third-order valence-corrected chi connectivity index (χ3v) is 8.00. The van der Waals surface area contributed by atoms with Gasteiger partial charge in [-0.1, -0.05) is 18.7 Å². The maximum Gasteiger partial charge on any atom is 0.234 e. The predicted octanol–water partition coefficient (Wildman–Crippen LogP) is 4.23. The second-order valence-corrected chi connectivity index (χ2v) is 10.3. The highest BCUT2D eigenvalue weighted by Gasteiger charge is 2.25. The van der Waals surface area contributed by atoms with Crippen LogP contribution >= 0.6 is 23.1 Å². The first-order valence-corrected chi connectivity index (χ1v) is 12.4. The van der Waals surface area contributed by atoms with E-state index in [0.29, 0.717) is 28.3 Å². The van der Waals surface area contributed by atoms with Gasteiger partial charge in [0.15, 0.2) is 22.3 Å². The Hall–Kier alpha value is -2.85. The van der Waals surface area contributed by atoms with Crippen molar-refractivity contribution in [2.45, 2.75) is 38.3 Å². The first-order valence-electron chi connectivity index (χ1n) is 10.5. The minimum atomic E-state index is -0.126. The average molecular weight is 468 g/mol. The number of aryl methyl sites for hydroxylation is 2. The molecule has 0 unspecified atom stereocenters. The number of rotatable bonds is 4. The molecule has 164 valence electrons. The van der Waals surface area contributed by atoms with Gasteiger partial charge in [-0.2, -0.15) is 0 Å². The van der Waals surface area contributed by atoms with Crippen LogP contribution in [0.15, 0.2) is 23.4 Å². The molecule has 1 aromatic carbocycles. The Morgan fingerprint density at radius 2 is 2.19 bits per heavy atom. The zero-order valence-corrected chi connectivity index (χ0v) is 19.3. The van der Waals surface area contributed by atoms with E-state index >= 15 is 0 Å². The van der Waals surface area contributed by atoms with Gasteiger partial charge in [0, 0.05) is 16.6 Å². The molecule has 1 atom stereocenters. The molecule has 1 aliphatic carbocycles. The molecule has 0 saturated heterocycles. The number of thiophene rings is 1. The van der Waals surface area contributed by atoms with Crippen LogP contribution in [0.5, 0.6) is 11.5 Å². The zero-order chi connectivity index (χ0) is 21.8. The standard InChI is InChI=1S/C22H21N5O3S2/c1-11-3-5-14-17(7-11)32-21-19(14)20-25-26-22(27(20)12(2)23-21)31-9-18(28)24-13-4-6-15-16(8-13)30-10-29-15/h4,6,8,11H,3,5,7,9-10H2,1-2H3,(H,24,28)/t11-/m0/s1. The molecule has 6 rings (SSSR count).